The van der Waals surface area contributed by atoms with Crippen LogP contribution in [0.1, 0.15) is 43.5 Å². The van der Waals surface area contributed by atoms with Crippen LogP contribution in [0, 0.1) is 0 Å². The molecule has 1 aromatic carbocycles. The summed E-state index contributed by atoms with van der Waals surface area (Å²) in [4.78, 5) is 6.77. The molecule has 0 aliphatic carbocycles. The van der Waals surface area contributed by atoms with Gasteiger partial charge in [0.15, 0.2) is 5.82 Å². The number of hydrogen-bond donors (Lipinski definition) is 1. The number of rotatable bonds is 5. The zero-order valence-corrected chi connectivity index (χ0v) is 13.7. The van der Waals surface area contributed by atoms with E-state index in [0.717, 1.165) is 6.42 Å². The van der Waals surface area contributed by atoms with Crippen molar-refractivity contribution in [3.8, 4) is 0 Å². The second kappa shape index (κ2) is 7.61. The molecule has 0 fully saturated rings. The van der Waals surface area contributed by atoms with Gasteiger partial charge in [-0.1, -0.05) is 36.7 Å². The second-order valence-corrected chi connectivity index (χ2v) is 5.55. The summed E-state index contributed by atoms with van der Waals surface area (Å²) >= 11 is 0. The molecule has 120 valence electrons. The zero-order chi connectivity index (χ0) is 14.7. The quantitative estimate of drug-likeness (QED) is 0.916. The van der Waals surface area contributed by atoms with E-state index in [4.69, 9.17) is 10.3 Å². The molecule has 0 saturated carbocycles. The van der Waals surface area contributed by atoms with Gasteiger partial charge in [-0.05, 0) is 30.9 Å². The van der Waals surface area contributed by atoms with E-state index in [-0.39, 0.29) is 12.4 Å². The fourth-order valence-electron chi connectivity index (χ4n) is 3.11. The highest BCUT2D eigenvalue weighted by molar-refractivity contribution is 5.85. The van der Waals surface area contributed by atoms with Crippen molar-refractivity contribution in [1.82, 2.24) is 10.1 Å². The predicted octanol–water partition coefficient (Wildman–Crippen LogP) is 3.07. The first kappa shape index (κ1) is 16.8. The van der Waals surface area contributed by atoms with Crippen LogP contribution in [0.2, 0.25) is 0 Å². The van der Waals surface area contributed by atoms with Crippen molar-refractivity contribution in [3.05, 3.63) is 41.5 Å². The van der Waals surface area contributed by atoms with Crippen molar-refractivity contribution in [2.45, 2.75) is 51.7 Å². The molecule has 0 spiro atoms. The molecule has 1 unspecified atom stereocenters. The summed E-state index contributed by atoms with van der Waals surface area (Å²) in [5.74, 6) is 1.22. The first-order valence-electron chi connectivity index (χ1n) is 7.68. The molecule has 1 aliphatic rings. The third kappa shape index (κ3) is 3.42. The summed E-state index contributed by atoms with van der Waals surface area (Å²) in [5.41, 5.74) is 8.25. The Bertz CT molecular complexity index is 601. The lowest BCUT2D eigenvalue weighted by Gasteiger charge is -2.38. The number of nitrogens with two attached hydrogens (primary N) is 1. The van der Waals surface area contributed by atoms with Crippen LogP contribution in [0.5, 0.6) is 0 Å². The molecular weight excluding hydrogens is 300 g/mol. The molecule has 5 nitrogen and oxygen atoms in total. The lowest BCUT2D eigenvalue weighted by Crippen LogP contribution is -2.39. The third-order valence-corrected chi connectivity index (χ3v) is 4.11. The Hall–Kier alpha value is -1.59. The van der Waals surface area contributed by atoms with E-state index < -0.39 is 0 Å². The van der Waals surface area contributed by atoms with Crippen LogP contribution < -0.4 is 10.6 Å². The average molecular weight is 323 g/mol. The number of aromatic nitrogens is 2. The molecule has 0 saturated heterocycles. The van der Waals surface area contributed by atoms with Crippen LogP contribution in [0.3, 0.4) is 0 Å². The Balaban J connectivity index is 0.00000176. The smallest absolute Gasteiger partial charge is 0.240 e. The van der Waals surface area contributed by atoms with Crippen molar-refractivity contribution in [2.75, 3.05) is 4.90 Å². The number of nitrogens with zero attached hydrogens (tertiary/aromatic N) is 3. The number of para-hydroxylation sites is 1. The lowest BCUT2D eigenvalue weighted by atomic mass is 9.93. The molecule has 2 aromatic rings. The Labute approximate surface area is 137 Å². The standard InChI is InChI=1S/C16H22N4O.ClH/c1-2-5-13-9-8-12-6-3-4-7-14(12)20(13)11-15-18-16(10-17)21-19-15;/h3-4,6-7,13H,2,5,8-11,17H2,1H3;1H. The van der Waals surface area contributed by atoms with E-state index >= 15 is 0 Å². The molecule has 22 heavy (non-hydrogen) atoms. The Morgan fingerprint density at radius 3 is 2.91 bits per heavy atom. The molecule has 1 aliphatic heterocycles. The Kier molecular flexibility index (Phi) is 5.80. The van der Waals surface area contributed by atoms with Crippen molar-refractivity contribution >= 4 is 18.1 Å². The van der Waals surface area contributed by atoms with E-state index in [2.05, 4.69) is 46.2 Å². The van der Waals surface area contributed by atoms with Crippen LogP contribution >= 0.6 is 12.4 Å². The van der Waals surface area contributed by atoms with Gasteiger partial charge in [-0.15, -0.1) is 12.4 Å². The maximum Gasteiger partial charge on any atom is 0.240 e. The minimum absolute atomic E-state index is 0. The number of hydrogen-bond acceptors (Lipinski definition) is 5. The van der Waals surface area contributed by atoms with Gasteiger partial charge < -0.3 is 15.2 Å². The normalized spacial score (nSPS) is 17.0. The Morgan fingerprint density at radius 2 is 2.18 bits per heavy atom. The first-order valence-corrected chi connectivity index (χ1v) is 7.68. The molecule has 0 amide bonds. The highest BCUT2D eigenvalue weighted by Crippen LogP contribution is 2.33. The van der Waals surface area contributed by atoms with E-state index in [1.165, 1.54) is 30.5 Å². The SMILES string of the molecule is CCCC1CCc2ccccc2N1Cc1noc(CN)n1.Cl. The maximum atomic E-state index is 5.54. The number of fused-ring (bicyclic) bond motifs is 1. The van der Waals surface area contributed by atoms with E-state index in [0.29, 0.717) is 30.8 Å². The molecular formula is C16H23ClN4O. The highest BCUT2D eigenvalue weighted by atomic mass is 35.5. The molecule has 6 heteroatoms. The average Bonchev–Trinajstić information content (AvgIpc) is 2.97. The summed E-state index contributed by atoms with van der Waals surface area (Å²) in [5, 5.41) is 4.04. The van der Waals surface area contributed by atoms with Gasteiger partial charge in [0, 0.05) is 11.7 Å². The summed E-state index contributed by atoms with van der Waals surface area (Å²) in [6.07, 6.45) is 4.71. The molecule has 1 aromatic heterocycles. The largest absolute Gasteiger partial charge is 0.361 e. The molecule has 1 atom stereocenters. The van der Waals surface area contributed by atoms with Crippen LogP contribution in [-0.2, 0) is 19.5 Å². The highest BCUT2D eigenvalue weighted by Gasteiger charge is 2.26. The van der Waals surface area contributed by atoms with Crippen LogP contribution in [-0.4, -0.2) is 16.2 Å². The molecule has 2 N–H and O–H groups in total. The van der Waals surface area contributed by atoms with E-state index in [1.807, 2.05) is 0 Å². The minimum atomic E-state index is 0. The topological polar surface area (TPSA) is 68.2 Å². The molecule has 2 heterocycles. The molecule has 0 bridgehead atoms. The Morgan fingerprint density at radius 1 is 1.36 bits per heavy atom. The molecule has 0 radical (unpaired) electrons. The second-order valence-electron chi connectivity index (χ2n) is 5.55. The van der Waals surface area contributed by atoms with Crippen LogP contribution in [0.25, 0.3) is 0 Å². The van der Waals surface area contributed by atoms with Gasteiger partial charge in [0.25, 0.3) is 0 Å². The summed E-state index contributed by atoms with van der Waals surface area (Å²) in [6, 6.07) is 9.16. The van der Waals surface area contributed by atoms with Gasteiger partial charge in [0.05, 0.1) is 13.1 Å². The number of aryl methyl sites for hydroxylation is 1. The van der Waals surface area contributed by atoms with Crippen LogP contribution in [0.15, 0.2) is 28.8 Å². The zero-order valence-electron chi connectivity index (χ0n) is 12.9. The van der Waals surface area contributed by atoms with Crippen molar-refractivity contribution < 1.29 is 4.52 Å². The summed E-state index contributed by atoms with van der Waals surface area (Å²) < 4.78 is 5.13. The van der Waals surface area contributed by atoms with Gasteiger partial charge in [0.1, 0.15) is 0 Å². The number of halogens is 1. The van der Waals surface area contributed by atoms with Crippen molar-refractivity contribution in [2.24, 2.45) is 5.73 Å². The van der Waals surface area contributed by atoms with E-state index in [9.17, 15) is 0 Å². The van der Waals surface area contributed by atoms with E-state index in [1.54, 1.807) is 0 Å². The van der Waals surface area contributed by atoms with Gasteiger partial charge >= 0.3 is 0 Å². The summed E-state index contributed by atoms with van der Waals surface area (Å²) in [7, 11) is 0. The monoisotopic (exact) mass is 322 g/mol. The predicted molar refractivity (Wildman–Crippen MR) is 89.1 cm³/mol. The maximum absolute atomic E-state index is 5.54. The number of anilines is 1. The van der Waals surface area contributed by atoms with Crippen LogP contribution in [0.4, 0.5) is 5.69 Å². The lowest BCUT2D eigenvalue weighted by molar-refractivity contribution is 0.372. The van der Waals surface area contributed by atoms with Gasteiger partial charge in [0.2, 0.25) is 5.89 Å². The van der Waals surface area contributed by atoms with Crippen molar-refractivity contribution in [1.29, 1.82) is 0 Å². The van der Waals surface area contributed by atoms with Gasteiger partial charge in [-0.25, -0.2) is 0 Å². The van der Waals surface area contributed by atoms with Gasteiger partial charge in [-0.3, -0.25) is 0 Å². The first-order chi connectivity index (χ1) is 10.3. The van der Waals surface area contributed by atoms with Gasteiger partial charge in [-0.2, -0.15) is 4.98 Å². The third-order valence-electron chi connectivity index (χ3n) is 4.11. The number of benzene rings is 1. The minimum Gasteiger partial charge on any atom is -0.361 e. The summed E-state index contributed by atoms with van der Waals surface area (Å²) in [6.45, 7) is 3.22. The molecule has 3 rings (SSSR count). The van der Waals surface area contributed by atoms with Crippen molar-refractivity contribution in [3.63, 3.8) is 0 Å². The fourth-order valence-corrected chi connectivity index (χ4v) is 3.11. The fraction of sp³-hybridized carbons (Fsp3) is 0.500.